The van der Waals surface area contributed by atoms with Crippen molar-refractivity contribution in [3.63, 3.8) is 0 Å². The van der Waals surface area contributed by atoms with Crippen molar-refractivity contribution in [3.8, 4) is 28.4 Å². The summed E-state index contributed by atoms with van der Waals surface area (Å²) in [6, 6.07) is 44.3. The number of rotatable bonds is 22. The molecule has 1 aliphatic heterocycles. The van der Waals surface area contributed by atoms with Crippen molar-refractivity contribution in [2.24, 2.45) is 28.8 Å². The average Bonchev–Trinajstić information content (AvgIpc) is 4.28. The smallest absolute Gasteiger partial charge is 0.269 e. The average molecular weight is 982 g/mol. The first-order chi connectivity index (χ1) is 35.8. The van der Waals surface area contributed by atoms with E-state index in [-0.39, 0.29) is 68.1 Å². The Hall–Kier alpha value is -7.12. The van der Waals surface area contributed by atoms with Crippen LogP contribution in [0.25, 0.3) is 21.9 Å². The maximum absolute atomic E-state index is 15.3. The van der Waals surface area contributed by atoms with Crippen LogP contribution in [0.1, 0.15) is 80.4 Å². The van der Waals surface area contributed by atoms with Crippen LogP contribution in [0, 0.1) is 33.8 Å². The molecule has 4 aliphatic rings. The van der Waals surface area contributed by atoms with Crippen LogP contribution in [0.2, 0.25) is 0 Å². The van der Waals surface area contributed by atoms with E-state index in [1.165, 1.54) is 12.1 Å². The Labute approximate surface area is 426 Å². The van der Waals surface area contributed by atoms with Crippen molar-refractivity contribution in [2.75, 3.05) is 19.8 Å². The maximum atomic E-state index is 15.3. The maximum Gasteiger partial charge on any atom is 0.269 e. The zero-order valence-corrected chi connectivity index (χ0v) is 41.1. The lowest BCUT2D eigenvalue weighted by molar-refractivity contribution is -0.384. The fraction of sp³-hybridized carbons (Fsp3) is 0.344. The molecular weight excluding hydrogens is 919 g/mol. The van der Waals surface area contributed by atoms with E-state index in [9.17, 15) is 20.3 Å². The first-order valence-electron chi connectivity index (χ1n) is 25.8. The highest BCUT2D eigenvalue weighted by atomic mass is 16.7. The molecule has 2 N–H and O–H groups in total. The third-order valence-electron chi connectivity index (χ3n) is 15.2. The van der Waals surface area contributed by atoms with Gasteiger partial charge in [-0.15, -0.1) is 6.58 Å². The molecule has 3 aliphatic carbocycles. The number of carbonyl (C=O) groups excluding carboxylic acids is 1. The number of carbonyl (C=O) groups is 1. The molecule has 12 heteroatoms. The summed E-state index contributed by atoms with van der Waals surface area (Å²) in [6.45, 7) is 4.76. The Bertz CT molecular complexity index is 2970. The highest BCUT2D eigenvalue weighted by Crippen LogP contribution is 2.62. The van der Waals surface area contributed by atoms with Gasteiger partial charge in [-0.05, 0) is 131 Å². The number of allylic oxidation sites excluding steroid dienone is 1. The molecule has 73 heavy (non-hydrogen) atoms. The minimum atomic E-state index is -1.44. The van der Waals surface area contributed by atoms with Crippen molar-refractivity contribution in [2.45, 2.75) is 88.7 Å². The van der Waals surface area contributed by atoms with Crippen LogP contribution in [0.5, 0.6) is 17.2 Å². The number of ether oxygens (including phenoxy) is 3. The van der Waals surface area contributed by atoms with Gasteiger partial charge in [-0.3, -0.25) is 14.9 Å². The monoisotopic (exact) mass is 981 g/mol. The fourth-order valence-corrected chi connectivity index (χ4v) is 11.6. The van der Waals surface area contributed by atoms with E-state index < -0.39 is 22.7 Å². The number of nitrogens with zero attached hydrogens (tertiary/aromatic N) is 3. The predicted molar refractivity (Wildman–Crippen MR) is 282 cm³/mol. The molecule has 2 fully saturated rings. The van der Waals surface area contributed by atoms with Gasteiger partial charge in [0.25, 0.3) is 5.69 Å². The van der Waals surface area contributed by atoms with Gasteiger partial charge in [-0.25, -0.2) is 0 Å². The van der Waals surface area contributed by atoms with E-state index in [0.717, 1.165) is 77.1 Å². The number of aliphatic hydroxyl groups excluding tert-OH is 2. The molecule has 0 radical (unpaired) electrons. The standard InChI is InChI=1S/C61H63N3O9/c1-2-35-70-61-57(63(60(67)45-23-24-45)39-47-18-12-17-44-15-6-7-19-51(44)47)38-55(62-71-40-41-21-27-48(28-22-41)64(68)69)53-36-46(16-8-10-33-65)52(20-9-11-34-66)58(59(53)61)54-37-50(31-32-56(54)73-61)72-49-29-25-43(26-30-49)42-13-4-3-5-14-42/h2-7,12-15,17-19,21-22,25-32,36-37,45-46,52,57-59,65-66H,1,8-11,16,20,23-24,33-35,38-40H2/t46-,52+,57-,58+,59+,61+/m0/s1. The zero-order chi connectivity index (χ0) is 50.3. The third kappa shape index (κ3) is 10.6. The van der Waals surface area contributed by atoms with Crippen LogP contribution in [-0.2, 0) is 27.5 Å². The Kier molecular flexibility index (Phi) is 15.1. The predicted octanol–water partition coefficient (Wildman–Crippen LogP) is 12.5. The van der Waals surface area contributed by atoms with Crippen LogP contribution in [0.15, 0.2) is 169 Å². The molecule has 12 nitrogen and oxygen atoms in total. The summed E-state index contributed by atoms with van der Waals surface area (Å²) in [5.41, 5.74) is 6.44. The number of benzene rings is 6. The molecule has 10 rings (SSSR count). The minimum Gasteiger partial charge on any atom is -0.459 e. The SMILES string of the molecule is C=CCO[C@@]12Oc3ccc(Oc4ccc(-c5ccccc5)cc4)cc3[C@H]3[C@H](CCCCO)[C@@H](CCCCO)C=C(C(=NOCc4ccc([N+](=O)[O-])cc4)C[C@@H]1N(Cc1cccc4ccccc14)C(=O)C1CC1)[C@H]32. The van der Waals surface area contributed by atoms with E-state index >= 15 is 4.79 Å². The number of nitro groups is 1. The topological polar surface area (TPSA) is 153 Å². The van der Waals surface area contributed by atoms with Crippen LogP contribution in [-0.4, -0.2) is 63.3 Å². The van der Waals surface area contributed by atoms with Crippen molar-refractivity contribution in [1.82, 2.24) is 4.90 Å². The number of nitro benzene ring substituents is 1. The third-order valence-corrected chi connectivity index (χ3v) is 15.2. The van der Waals surface area contributed by atoms with Gasteiger partial charge in [0.2, 0.25) is 11.7 Å². The van der Waals surface area contributed by atoms with Crippen LogP contribution in [0.4, 0.5) is 5.69 Å². The Balaban J connectivity index is 1.14. The second-order valence-corrected chi connectivity index (χ2v) is 19.8. The highest BCUT2D eigenvalue weighted by Gasteiger charge is 2.66. The Morgan fingerprint density at radius 1 is 0.836 bits per heavy atom. The summed E-state index contributed by atoms with van der Waals surface area (Å²) in [5.74, 6) is -0.321. The lowest BCUT2D eigenvalue weighted by atomic mass is 9.55. The number of unbranched alkanes of at least 4 members (excludes halogenated alkanes) is 2. The van der Waals surface area contributed by atoms with Gasteiger partial charge in [0.1, 0.15) is 29.9 Å². The quantitative estimate of drug-likeness (QED) is 0.0293. The molecule has 6 aromatic rings. The number of oxime groups is 1. The lowest BCUT2D eigenvalue weighted by Gasteiger charge is -2.60. The van der Waals surface area contributed by atoms with Crippen LogP contribution < -0.4 is 9.47 Å². The van der Waals surface area contributed by atoms with E-state index in [1.54, 1.807) is 18.2 Å². The molecule has 0 spiro atoms. The molecule has 0 saturated heterocycles. The fourth-order valence-electron chi connectivity index (χ4n) is 11.6. The van der Waals surface area contributed by atoms with Gasteiger partial charge in [0.15, 0.2) is 0 Å². The summed E-state index contributed by atoms with van der Waals surface area (Å²) in [4.78, 5) is 34.6. The van der Waals surface area contributed by atoms with Crippen LogP contribution >= 0.6 is 0 Å². The lowest BCUT2D eigenvalue weighted by Crippen LogP contribution is -2.70. The normalized spacial score (nSPS) is 22.4. The van der Waals surface area contributed by atoms with E-state index in [2.05, 4.69) is 67.3 Å². The molecule has 0 unspecified atom stereocenters. The summed E-state index contributed by atoms with van der Waals surface area (Å²) in [6.07, 6.45) is 10.3. The number of non-ortho nitro benzene ring substituents is 1. The highest BCUT2D eigenvalue weighted by molar-refractivity contribution is 6.03. The van der Waals surface area contributed by atoms with Gasteiger partial charge >= 0.3 is 0 Å². The Morgan fingerprint density at radius 3 is 2.29 bits per heavy atom. The second-order valence-electron chi connectivity index (χ2n) is 19.8. The minimum absolute atomic E-state index is 0.0143. The number of hydrogen-bond acceptors (Lipinski definition) is 10. The number of fused-ring (bicyclic) bond motifs is 3. The van der Waals surface area contributed by atoms with Gasteiger partial charge in [0.05, 0.1) is 23.2 Å². The Morgan fingerprint density at radius 2 is 1.55 bits per heavy atom. The van der Waals surface area contributed by atoms with Gasteiger partial charge in [-0.2, -0.15) is 0 Å². The van der Waals surface area contributed by atoms with Crippen LogP contribution in [0.3, 0.4) is 0 Å². The largest absolute Gasteiger partial charge is 0.459 e. The second kappa shape index (κ2) is 22.3. The van der Waals surface area contributed by atoms with Gasteiger partial charge in [-0.1, -0.05) is 115 Å². The van der Waals surface area contributed by atoms with Gasteiger partial charge in [0, 0.05) is 55.7 Å². The van der Waals surface area contributed by atoms with E-state index in [4.69, 9.17) is 24.2 Å². The van der Waals surface area contributed by atoms with Crippen molar-refractivity contribution in [1.29, 1.82) is 0 Å². The number of amides is 1. The molecule has 0 aromatic heterocycles. The van der Waals surface area contributed by atoms with E-state index in [1.807, 2.05) is 65.6 Å². The van der Waals surface area contributed by atoms with Crippen molar-refractivity contribution in [3.05, 3.63) is 191 Å². The molecular formula is C61H63N3O9. The summed E-state index contributed by atoms with van der Waals surface area (Å²) >= 11 is 0. The first kappa shape index (κ1) is 49.5. The van der Waals surface area contributed by atoms with E-state index in [0.29, 0.717) is 47.9 Å². The molecule has 376 valence electrons. The van der Waals surface area contributed by atoms with Crippen molar-refractivity contribution >= 4 is 28.1 Å². The molecule has 2 saturated carbocycles. The molecule has 0 bridgehead atoms. The summed E-state index contributed by atoms with van der Waals surface area (Å²) in [7, 11) is 0. The molecule has 1 amide bonds. The number of aliphatic hydroxyl groups is 2. The zero-order valence-electron chi connectivity index (χ0n) is 41.1. The summed E-state index contributed by atoms with van der Waals surface area (Å²) in [5, 5.41) is 38.9. The summed E-state index contributed by atoms with van der Waals surface area (Å²) < 4.78 is 21.6. The van der Waals surface area contributed by atoms with Gasteiger partial charge < -0.3 is 34.2 Å². The molecule has 6 atom stereocenters. The number of hydrogen-bond donors (Lipinski definition) is 2. The molecule has 1 heterocycles. The van der Waals surface area contributed by atoms with Crippen molar-refractivity contribution < 1.29 is 39.0 Å². The first-order valence-corrected chi connectivity index (χ1v) is 25.8. The molecule has 6 aromatic carbocycles.